The van der Waals surface area contributed by atoms with Crippen molar-refractivity contribution in [3.8, 4) is 0 Å². The maximum atomic E-state index is 12.6. The molecule has 0 bridgehead atoms. The second-order valence-electron chi connectivity index (χ2n) is 8.28. The first-order valence-corrected chi connectivity index (χ1v) is 10.8. The Labute approximate surface area is 166 Å². The number of carbonyl (C=O) groups is 1. The van der Waals surface area contributed by atoms with E-state index >= 15 is 0 Å². The Kier molecular flexibility index (Phi) is 5.80. The number of nitrogens with zero attached hydrogens (tertiary/aromatic N) is 3. The maximum Gasteiger partial charge on any atom is 0.239 e. The number of aromatic amines is 1. The highest BCUT2D eigenvalue weighted by Crippen LogP contribution is 2.33. The second kappa shape index (κ2) is 8.47. The molecule has 2 aromatic heterocycles. The molecule has 2 saturated heterocycles. The number of nitrogens with one attached hydrogen (secondary N) is 3. The van der Waals surface area contributed by atoms with Crippen LogP contribution in [0.15, 0.2) is 12.4 Å². The average Bonchev–Trinajstić information content (AvgIpc) is 3.37. The highest BCUT2D eigenvalue weighted by Gasteiger charge is 2.31. The summed E-state index contributed by atoms with van der Waals surface area (Å²) in [5.41, 5.74) is 2.18. The molecule has 2 aliphatic rings. The van der Waals surface area contributed by atoms with Crippen molar-refractivity contribution in [2.75, 3.05) is 25.0 Å². The van der Waals surface area contributed by atoms with E-state index in [1.807, 2.05) is 11.1 Å². The van der Waals surface area contributed by atoms with E-state index in [0.717, 1.165) is 69.2 Å². The van der Waals surface area contributed by atoms with Crippen molar-refractivity contribution in [2.24, 2.45) is 0 Å². The molecule has 7 heteroatoms. The molecule has 2 aromatic rings. The predicted octanol–water partition coefficient (Wildman–Crippen LogP) is 3.02. The van der Waals surface area contributed by atoms with Crippen LogP contribution in [-0.4, -0.2) is 57.5 Å². The van der Waals surface area contributed by atoms with E-state index in [1.165, 1.54) is 5.56 Å². The molecular formula is C21H32N6O. The lowest BCUT2D eigenvalue weighted by molar-refractivity contribution is -0.134. The van der Waals surface area contributed by atoms with Crippen molar-refractivity contribution in [1.29, 1.82) is 0 Å². The molecule has 3 N–H and O–H groups in total. The number of fused-ring (bicyclic) bond motifs is 1. The monoisotopic (exact) mass is 384 g/mol. The predicted molar refractivity (Wildman–Crippen MR) is 111 cm³/mol. The number of rotatable bonds is 6. The number of hydrogen-bond acceptors (Lipinski definition) is 5. The summed E-state index contributed by atoms with van der Waals surface area (Å²) >= 11 is 0. The smallest absolute Gasteiger partial charge is 0.239 e. The third-order valence-corrected chi connectivity index (χ3v) is 6.17. The fraction of sp³-hybridized carbons (Fsp3) is 0.667. The van der Waals surface area contributed by atoms with Crippen molar-refractivity contribution in [1.82, 2.24) is 25.2 Å². The van der Waals surface area contributed by atoms with Gasteiger partial charge in [0.1, 0.15) is 5.65 Å². The summed E-state index contributed by atoms with van der Waals surface area (Å²) in [6, 6.07) is 0.409. The molecule has 0 unspecified atom stereocenters. The van der Waals surface area contributed by atoms with Gasteiger partial charge in [0.05, 0.1) is 6.04 Å². The Balaban J connectivity index is 1.40. The van der Waals surface area contributed by atoms with Crippen LogP contribution >= 0.6 is 0 Å². The van der Waals surface area contributed by atoms with Gasteiger partial charge in [0.15, 0.2) is 0 Å². The van der Waals surface area contributed by atoms with Gasteiger partial charge in [-0.15, -0.1) is 0 Å². The molecule has 4 heterocycles. The number of aromatic nitrogens is 3. The number of anilines is 1. The molecule has 2 fully saturated rings. The molecule has 2 aliphatic heterocycles. The average molecular weight is 385 g/mol. The van der Waals surface area contributed by atoms with E-state index in [9.17, 15) is 4.79 Å². The van der Waals surface area contributed by atoms with Crippen LogP contribution in [0.25, 0.3) is 11.0 Å². The highest BCUT2D eigenvalue weighted by molar-refractivity contribution is 5.83. The number of amides is 1. The third kappa shape index (κ3) is 3.99. The summed E-state index contributed by atoms with van der Waals surface area (Å²) in [6.45, 7) is 6.99. The molecule has 7 nitrogen and oxygen atoms in total. The Morgan fingerprint density at radius 3 is 2.89 bits per heavy atom. The van der Waals surface area contributed by atoms with Gasteiger partial charge in [0.25, 0.3) is 0 Å². The molecule has 28 heavy (non-hydrogen) atoms. The van der Waals surface area contributed by atoms with Gasteiger partial charge in [-0.05, 0) is 57.1 Å². The molecule has 0 spiro atoms. The fourth-order valence-electron chi connectivity index (χ4n) is 4.59. The lowest BCUT2D eigenvalue weighted by Gasteiger charge is -2.33. The van der Waals surface area contributed by atoms with Gasteiger partial charge in [-0.1, -0.05) is 13.3 Å². The number of piperidine rings is 1. The van der Waals surface area contributed by atoms with Crippen LogP contribution < -0.4 is 10.6 Å². The topological polar surface area (TPSA) is 85.9 Å². The normalized spacial score (nSPS) is 21.9. The molecule has 1 amide bonds. The van der Waals surface area contributed by atoms with E-state index in [0.29, 0.717) is 17.9 Å². The van der Waals surface area contributed by atoms with E-state index in [2.05, 4.69) is 45.6 Å². The zero-order valence-electron chi connectivity index (χ0n) is 17.0. The lowest BCUT2D eigenvalue weighted by Crippen LogP contribution is -2.46. The largest absolute Gasteiger partial charge is 0.352 e. The highest BCUT2D eigenvalue weighted by atomic mass is 16.2. The number of hydrogen-bond donors (Lipinski definition) is 3. The van der Waals surface area contributed by atoms with Gasteiger partial charge in [0.2, 0.25) is 11.9 Å². The van der Waals surface area contributed by atoms with Gasteiger partial charge >= 0.3 is 0 Å². The summed E-state index contributed by atoms with van der Waals surface area (Å²) in [7, 11) is 0. The zero-order chi connectivity index (χ0) is 19.5. The first-order chi connectivity index (χ1) is 13.7. The van der Waals surface area contributed by atoms with Crippen LogP contribution in [0.4, 0.5) is 5.95 Å². The van der Waals surface area contributed by atoms with Gasteiger partial charge < -0.3 is 20.5 Å². The van der Waals surface area contributed by atoms with Gasteiger partial charge in [-0.3, -0.25) is 4.79 Å². The first-order valence-electron chi connectivity index (χ1n) is 10.8. The summed E-state index contributed by atoms with van der Waals surface area (Å²) in [6.07, 6.45) is 10.3. The van der Waals surface area contributed by atoms with Crippen molar-refractivity contribution in [3.05, 3.63) is 18.0 Å². The van der Waals surface area contributed by atoms with Crippen LogP contribution in [0, 0.1) is 0 Å². The molecule has 4 rings (SSSR count). The lowest BCUT2D eigenvalue weighted by atomic mass is 9.89. The van der Waals surface area contributed by atoms with E-state index < -0.39 is 0 Å². The number of carbonyl (C=O) groups excluding carboxylic acids is 1. The number of likely N-dealkylation sites (tertiary alicyclic amines) is 1. The molecule has 0 saturated carbocycles. The van der Waals surface area contributed by atoms with Gasteiger partial charge in [-0.25, -0.2) is 4.98 Å². The summed E-state index contributed by atoms with van der Waals surface area (Å²) in [4.78, 5) is 27.2. The van der Waals surface area contributed by atoms with Gasteiger partial charge in [0, 0.05) is 36.9 Å². The SMILES string of the molecule is CCC[C@H](C)Nc1ncc2c(C3CCN(C(=O)[C@@H]4CCCN4)CC3)c[nH]c2n1. The minimum atomic E-state index is 0.0408. The van der Waals surface area contributed by atoms with E-state index in [1.54, 1.807) is 0 Å². The molecule has 0 radical (unpaired) electrons. The first kappa shape index (κ1) is 19.2. The van der Waals surface area contributed by atoms with Crippen molar-refractivity contribution in [3.63, 3.8) is 0 Å². The summed E-state index contributed by atoms with van der Waals surface area (Å²) in [5, 5.41) is 7.81. The zero-order valence-corrected chi connectivity index (χ0v) is 17.0. The maximum absolute atomic E-state index is 12.6. The van der Waals surface area contributed by atoms with Crippen molar-refractivity contribution >= 4 is 22.9 Å². The number of H-pyrrole nitrogens is 1. The fourth-order valence-corrected chi connectivity index (χ4v) is 4.59. The minimum absolute atomic E-state index is 0.0408. The van der Waals surface area contributed by atoms with Crippen molar-refractivity contribution < 1.29 is 4.79 Å². The Hall–Kier alpha value is -2.15. The van der Waals surface area contributed by atoms with Crippen LogP contribution in [0.2, 0.25) is 0 Å². The minimum Gasteiger partial charge on any atom is -0.352 e. The van der Waals surface area contributed by atoms with Gasteiger partial charge in [-0.2, -0.15) is 4.98 Å². The molecular weight excluding hydrogens is 352 g/mol. The molecule has 152 valence electrons. The van der Waals surface area contributed by atoms with Crippen LogP contribution in [0.5, 0.6) is 0 Å². The van der Waals surface area contributed by atoms with Crippen LogP contribution in [0.1, 0.15) is 63.9 Å². The van der Waals surface area contributed by atoms with Crippen LogP contribution in [0.3, 0.4) is 0 Å². The third-order valence-electron chi connectivity index (χ3n) is 6.17. The Morgan fingerprint density at radius 2 is 2.18 bits per heavy atom. The summed E-state index contributed by atoms with van der Waals surface area (Å²) < 4.78 is 0. The van der Waals surface area contributed by atoms with Crippen LogP contribution in [-0.2, 0) is 4.79 Å². The second-order valence-corrected chi connectivity index (χ2v) is 8.28. The molecule has 2 atom stereocenters. The van der Waals surface area contributed by atoms with E-state index in [4.69, 9.17) is 0 Å². The van der Waals surface area contributed by atoms with Crippen molar-refractivity contribution in [2.45, 2.75) is 70.4 Å². The standard InChI is InChI=1S/C21H32N6O/c1-3-5-14(2)25-21-24-13-17-16(12-23-19(17)26-21)15-7-10-27(11-8-15)20(28)18-6-4-9-22-18/h12-15,18,22H,3-11H2,1-2H3,(H2,23,24,25,26)/t14-,18-/m0/s1. The quantitative estimate of drug-likeness (QED) is 0.713. The molecule has 0 aliphatic carbocycles. The van der Waals surface area contributed by atoms with E-state index in [-0.39, 0.29) is 11.9 Å². The molecule has 0 aromatic carbocycles. The Bertz CT molecular complexity index is 804. The Morgan fingerprint density at radius 1 is 1.36 bits per heavy atom. The summed E-state index contributed by atoms with van der Waals surface area (Å²) in [5.74, 6) is 1.43.